The van der Waals surface area contributed by atoms with Crippen LogP contribution in [0.4, 0.5) is 0 Å². The van der Waals surface area contributed by atoms with Gasteiger partial charge in [-0.3, -0.25) is 4.79 Å². The highest BCUT2D eigenvalue weighted by molar-refractivity contribution is 5.92. The van der Waals surface area contributed by atoms with E-state index in [0.29, 0.717) is 6.42 Å². The average Bonchev–Trinajstić information content (AvgIpc) is 2.39. The minimum atomic E-state index is -1.01. The van der Waals surface area contributed by atoms with E-state index >= 15 is 0 Å². The first kappa shape index (κ1) is 21.2. The van der Waals surface area contributed by atoms with Crippen molar-refractivity contribution in [3.8, 4) is 6.07 Å². The predicted octanol–water partition coefficient (Wildman–Crippen LogP) is 3.64. The van der Waals surface area contributed by atoms with Crippen LogP contribution in [0.3, 0.4) is 0 Å². The van der Waals surface area contributed by atoms with Crippen LogP contribution in [-0.2, 0) is 19.1 Å². The van der Waals surface area contributed by atoms with Crippen LogP contribution < -0.4 is 0 Å². The smallest absolute Gasteiger partial charge is 0.348 e. The molecule has 0 radical (unpaired) electrons. The first-order chi connectivity index (χ1) is 10.3. The van der Waals surface area contributed by atoms with E-state index in [2.05, 4.69) is 6.58 Å². The normalized spacial score (nSPS) is 14.3. The van der Waals surface area contributed by atoms with Gasteiger partial charge in [0.15, 0.2) is 0 Å². The van der Waals surface area contributed by atoms with Gasteiger partial charge in [0.25, 0.3) is 0 Å². The van der Waals surface area contributed by atoms with Gasteiger partial charge in [-0.25, -0.2) is 4.79 Å². The summed E-state index contributed by atoms with van der Waals surface area (Å²) in [6.45, 7) is 17.0. The van der Waals surface area contributed by atoms with Crippen LogP contribution in [0.2, 0.25) is 0 Å². The number of nitriles is 1. The lowest BCUT2D eigenvalue weighted by atomic mass is 9.60. The molecule has 0 N–H and O–H groups in total. The van der Waals surface area contributed by atoms with Crippen molar-refractivity contribution in [2.75, 3.05) is 13.2 Å². The number of hydrogen-bond acceptors (Lipinski definition) is 5. The summed E-state index contributed by atoms with van der Waals surface area (Å²) in [6.07, 6.45) is 0.481. The summed E-state index contributed by atoms with van der Waals surface area (Å²) < 4.78 is 10.5. The van der Waals surface area contributed by atoms with Gasteiger partial charge in [-0.2, -0.15) is 5.26 Å². The Bertz CT molecular complexity index is 503. The zero-order chi connectivity index (χ0) is 18.5. The lowest BCUT2D eigenvalue weighted by Gasteiger charge is -2.45. The Morgan fingerprint density at radius 3 is 1.96 bits per heavy atom. The molecule has 0 aliphatic rings. The highest BCUT2D eigenvalue weighted by atomic mass is 16.6. The summed E-state index contributed by atoms with van der Waals surface area (Å²) in [7, 11) is 0. The van der Waals surface area contributed by atoms with Gasteiger partial charge in [0.05, 0.1) is 6.61 Å². The summed E-state index contributed by atoms with van der Waals surface area (Å²) in [5, 5.41) is 8.73. The molecule has 0 aromatic carbocycles. The number of hydrogen-bond donors (Lipinski definition) is 0. The van der Waals surface area contributed by atoms with E-state index in [4.69, 9.17) is 14.7 Å². The maximum atomic E-state index is 12.7. The summed E-state index contributed by atoms with van der Waals surface area (Å²) in [6, 6.07) is 1.66. The van der Waals surface area contributed by atoms with Gasteiger partial charge in [-0.1, -0.05) is 48.1 Å². The van der Waals surface area contributed by atoms with Crippen LogP contribution in [0.1, 0.15) is 54.9 Å². The molecular formula is C18H29NO4. The van der Waals surface area contributed by atoms with E-state index < -0.39 is 22.8 Å². The van der Waals surface area contributed by atoms with Crippen LogP contribution in [-0.4, -0.2) is 25.2 Å². The summed E-state index contributed by atoms with van der Waals surface area (Å²) >= 11 is 0. The van der Waals surface area contributed by atoms with Crippen molar-refractivity contribution in [3.05, 3.63) is 12.2 Å². The Balaban J connectivity index is 5.74. The lowest BCUT2D eigenvalue weighted by molar-refractivity contribution is -0.175. The lowest BCUT2D eigenvalue weighted by Crippen LogP contribution is -2.50. The first-order valence-corrected chi connectivity index (χ1v) is 7.74. The topological polar surface area (TPSA) is 76.4 Å². The molecule has 0 amide bonds. The van der Waals surface area contributed by atoms with Crippen molar-refractivity contribution < 1.29 is 19.1 Å². The van der Waals surface area contributed by atoms with Crippen molar-refractivity contribution in [1.29, 1.82) is 5.26 Å². The molecule has 0 saturated heterocycles. The number of ether oxygens (including phenoxy) is 2. The summed E-state index contributed by atoms with van der Waals surface area (Å²) in [4.78, 5) is 24.5. The Morgan fingerprint density at radius 2 is 1.61 bits per heavy atom. The Labute approximate surface area is 139 Å². The quantitative estimate of drug-likeness (QED) is 0.424. The third-order valence-corrected chi connectivity index (χ3v) is 3.76. The molecule has 0 bridgehead atoms. The maximum Gasteiger partial charge on any atom is 0.348 e. The second kappa shape index (κ2) is 7.63. The molecule has 5 nitrogen and oxygen atoms in total. The maximum absolute atomic E-state index is 12.7. The Hall–Kier alpha value is -1.83. The number of nitrogens with zero attached hydrogens (tertiary/aromatic N) is 1. The van der Waals surface area contributed by atoms with Gasteiger partial charge in [-0.05, 0) is 24.2 Å². The second-order valence-corrected chi connectivity index (χ2v) is 7.96. The van der Waals surface area contributed by atoms with Crippen LogP contribution in [0.5, 0.6) is 0 Å². The Kier molecular flexibility index (Phi) is 7.02. The fourth-order valence-corrected chi connectivity index (χ4v) is 2.47. The highest BCUT2D eigenvalue weighted by Crippen LogP contribution is 2.48. The molecule has 0 spiro atoms. The Morgan fingerprint density at radius 1 is 1.09 bits per heavy atom. The van der Waals surface area contributed by atoms with Gasteiger partial charge >= 0.3 is 11.9 Å². The third-order valence-electron chi connectivity index (χ3n) is 3.76. The first-order valence-electron chi connectivity index (χ1n) is 7.74. The molecule has 0 aliphatic carbocycles. The minimum absolute atomic E-state index is 0.147. The van der Waals surface area contributed by atoms with Gasteiger partial charge in [0, 0.05) is 0 Å². The largest absolute Gasteiger partial charge is 0.465 e. The molecule has 0 aromatic rings. The summed E-state index contributed by atoms with van der Waals surface area (Å²) in [5.41, 5.74) is -1.97. The van der Waals surface area contributed by atoms with E-state index in [1.54, 1.807) is 13.0 Å². The molecule has 0 fully saturated rings. The van der Waals surface area contributed by atoms with Crippen molar-refractivity contribution in [1.82, 2.24) is 0 Å². The second-order valence-electron chi connectivity index (χ2n) is 7.96. The van der Waals surface area contributed by atoms with Crippen molar-refractivity contribution in [2.24, 2.45) is 16.2 Å². The van der Waals surface area contributed by atoms with Crippen molar-refractivity contribution >= 4 is 11.9 Å². The average molecular weight is 323 g/mol. The molecule has 0 aromatic heterocycles. The minimum Gasteiger partial charge on any atom is -0.465 e. The van der Waals surface area contributed by atoms with E-state index in [1.807, 2.05) is 41.5 Å². The van der Waals surface area contributed by atoms with Crippen LogP contribution >= 0.6 is 0 Å². The van der Waals surface area contributed by atoms with E-state index in [1.165, 1.54) is 0 Å². The molecule has 1 atom stereocenters. The fourth-order valence-electron chi connectivity index (χ4n) is 2.47. The third kappa shape index (κ3) is 5.70. The molecule has 0 heterocycles. The molecule has 0 aliphatic heterocycles. The monoisotopic (exact) mass is 323 g/mol. The van der Waals surface area contributed by atoms with Gasteiger partial charge in [0.2, 0.25) is 0 Å². The molecule has 0 saturated carbocycles. The molecule has 5 heteroatoms. The van der Waals surface area contributed by atoms with Gasteiger partial charge in [-0.15, -0.1) is 0 Å². The van der Waals surface area contributed by atoms with Crippen molar-refractivity contribution in [2.45, 2.75) is 54.9 Å². The predicted molar refractivity (Wildman–Crippen MR) is 88.3 cm³/mol. The van der Waals surface area contributed by atoms with Gasteiger partial charge < -0.3 is 9.47 Å². The number of esters is 2. The van der Waals surface area contributed by atoms with Crippen LogP contribution in [0.15, 0.2) is 12.2 Å². The zero-order valence-corrected chi connectivity index (χ0v) is 15.4. The molecule has 0 rings (SSSR count). The van der Waals surface area contributed by atoms with Crippen LogP contribution in [0.25, 0.3) is 0 Å². The number of rotatable bonds is 6. The standard InChI is InChI=1S/C18H29NO4/c1-9-22-15(21)18(17(6,7)8,11-16(3,4)5)12-23-14(20)13(2)10-19/h2,9,11-12H2,1,3-8H3. The SMILES string of the molecule is C=C(C#N)C(=O)OCC(CC(C)(C)C)(C(=O)OCC)C(C)(C)C. The number of carbonyl (C=O) groups excluding carboxylic acids is 2. The zero-order valence-electron chi connectivity index (χ0n) is 15.4. The molecule has 23 heavy (non-hydrogen) atoms. The van der Waals surface area contributed by atoms with Gasteiger partial charge in [0.1, 0.15) is 23.7 Å². The number of carbonyl (C=O) groups is 2. The fraction of sp³-hybridized carbons (Fsp3) is 0.722. The molecule has 1 unspecified atom stereocenters. The molecular weight excluding hydrogens is 294 g/mol. The summed E-state index contributed by atoms with van der Waals surface area (Å²) in [5.74, 6) is -1.20. The highest BCUT2D eigenvalue weighted by Gasteiger charge is 2.52. The van der Waals surface area contributed by atoms with E-state index in [-0.39, 0.29) is 24.2 Å². The molecule has 130 valence electrons. The van der Waals surface area contributed by atoms with E-state index in [0.717, 1.165) is 0 Å². The van der Waals surface area contributed by atoms with Crippen molar-refractivity contribution in [3.63, 3.8) is 0 Å². The van der Waals surface area contributed by atoms with E-state index in [9.17, 15) is 9.59 Å². The van der Waals surface area contributed by atoms with Crippen LogP contribution in [0, 0.1) is 27.6 Å².